The van der Waals surface area contributed by atoms with E-state index in [9.17, 15) is 0 Å². The lowest BCUT2D eigenvalue weighted by Crippen LogP contribution is -2.38. The van der Waals surface area contributed by atoms with E-state index >= 15 is 0 Å². The van der Waals surface area contributed by atoms with Gasteiger partial charge in [-0.25, -0.2) is 0 Å². The molecule has 1 atom stereocenters. The number of rotatable bonds is 8. The van der Waals surface area contributed by atoms with Gasteiger partial charge in [-0.3, -0.25) is 0 Å². The average molecular weight is 410 g/mol. The standard InChI is InChI=1S/C27H39NS/c1-5-6-20-29-25-15-11-10-14-24(25)26(21-12-8-7-9-13-21)28-23-18-16-22(17-19-23)27(2,3)4/h7-15,22-23,26,28H,5-6,16-20H2,1-4H3. The van der Waals surface area contributed by atoms with Crippen LogP contribution in [0.4, 0.5) is 0 Å². The lowest BCUT2D eigenvalue weighted by Gasteiger charge is -2.38. The molecule has 2 aromatic rings. The monoisotopic (exact) mass is 409 g/mol. The van der Waals surface area contributed by atoms with Gasteiger partial charge in [0.1, 0.15) is 0 Å². The van der Waals surface area contributed by atoms with E-state index in [4.69, 9.17) is 0 Å². The first-order valence-corrected chi connectivity index (χ1v) is 12.5. The summed E-state index contributed by atoms with van der Waals surface area (Å²) in [6.45, 7) is 9.49. The van der Waals surface area contributed by atoms with Crippen molar-refractivity contribution in [2.45, 2.75) is 83.2 Å². The van der Waals surface area contributed by atoms with Crippen LogP contribution < -0.4 is 5.32 Å². The van der Waals surface area contributed by atoms with Gasteiger partial charge in [0, 0.05) is 10.9 Å². The van der Waals surface area contributed by atoms with Crippen molar-refractivity contribution in [2.24, 2.45) is 11.3 Å². The summed E-state index contributed by atoms with van der Waals surface area (Å²) in [6.07, 6.45) is 7.80. The minimum Gasteiger partial charge on any atom is -0.303 e. The number of unbranched alkanes of at least 4 members (excludes halogenated alkanes) is 1. The molecule has 1 nitrogen and oxygen atoms in total. The van der Waals surface area contributed by atoms with Crippen LogP contribution in [-0.4, -0.2) is 11.8 Å². The molecule has 2 aromatic carbocycles. The Morgan fingerprint density at radius 1 is 0.931 bits per heavy atom. The first kappa shape index (κ1) is 22.4. The van der Waals surface area contributed by atoms with E-state index in [0.717, 1.165) is 5.92 Å². The van der Waals surface area contributed by atoms with Crippen LogP contribution >= 0.6 is 11.8 Å². The average Bonchev–Trinajstić information content (AvgIpc) is 2.73. The van der Waals surface area contributed by atoms with E-state index in [1.54, 1.807) is 0 Å². The summed E-state index contributed by atoms with van der Waals surface area (Å²) in [5, 5.41) is 4.08. The number of nitrogens with one attached hydrogen (secondary N) is 1. The predicted octanol–water partition coefficient (Wildman–Crippen LogP) is 7.86. The quantitative estimate of drug-likeness (QED) is 0.352. The Bertz CT molecular complexity index is 726. The first-order chi connectivity index (χ1) is 14.0. The van der Waals surface area contributed by atoms with Gasteiger partial charge < -0.3 is 5.32 Å². The number of hydrogen-bond acceptors (Lipinski definition) is 2. The summed E-state index contributed by atoms with van der Waals surface area (Å²) in [5.74, 6) is 2.05. The van der Waals surface area contributed by atoms with Crippen LogP contribution in [0.2, 0.25) is 0 Å². The summed E-state index contributed by atoms with van der Waals surface area (Å²) in [7, 11) is 0. The van der Waals surface area contributed by atoms with Crippen molar-refractivity contribution in [3.63, 3.8) is 0 Å². The van der Waals surface area contributed by atoms with Crippen molar-refractivity contribution in [3.05, 3.63) is 65.7 Å². The molecule has 0 radical (unpaired) electrons. The molecule has 0 aliphatic heterocycles. The molecule has 1 aliphatic carbocycles. The Labute approximate surface area is 183 Å². The van der Waals surface area contributed by atoms with Crippen molar-refractivity contribution < 1.29 is 0 Å². The van der Waals surface area contributed by atoms with Gasteiger partial charge in [0.2, 0.25) is 0 Å². The highest BCUT2D eigenvalue weighted by molar-refractivity contribution is 7.99. The van der Waals surface area contributed by atoms with E-state index in [-0.39, 0.29) is 6.04 Å². The molecule has 1 fully saturated rings. The molecule has 1 aliphatic rings. The molecule has 0 saturated heterocycles. The molecule has 0 heterocycles. The molecule has 1 saturated carbocycles. The molecule has 0 spiro atoms. The van der Waals surface area contributed by atoms with Crippen LogP contribution in [0.25, 0.3) is 0 Å². The maximum absolute atomic E-state index is 4.08. The Hall–Kier alpha value is -1.25. The molecular weight excluding hydrogens is 370 g/mol. The molecule has 0 bridgehead atoms. The van der Waals surface area contributed by atoms with Gasteiger partial charge in [0.05, 0.1) is 6.04 Å². The molecule has 0 amide bonds. The smallest absolute Gasteiger partial charge is 0.0589 e. The highest BCUT2D eigenvalue weighted by atomic mass is 32.2. The van der Waals surface area contributed by atoms with Gasteiger partial charge in [0.15, 0.2) is 0 Å². The van der Waals surface area contributed by atoms with Crippen molar-refractivity contribution in [1.29, 1.82) is 0 Å². The third-order valence-electron chi connectivity index (χ3n) is 6.47. The van der Waals surface area contributed by atoms with Crippen LogP contribution in [0.1, 0.15) is 83.4 Å². The highest BCUT2D eigenvalue weighted by Gasteiger charge is 2.31. The number of hydrogen-bond donors (Lipinski definition) is 1. The minimum atomic E-state index is 0.276. The summed E-state index contributed by atoms with van der Waals surface area (Å²) >= 11 is 2.02. The molecule has 1 N–H and O–H groups in total. The minimum absolute atomic E-state index is 0.276. The molecule has 1 unspecified atom stereocenters. The summed E-state index contributed by atoms with van der Waals surface area (Å²) < 4.78 is 0. The van der Waals surface area contributed by atoms with Gasteiger partial charge in [-0.2, -0.15) is 0 Å². The van der Waals surface area contributed by atoms with Crippen molar-refractivity contribution >= 4 is 11.8 Å². The maximum Gasteiger partial charge on any atom is 0.0589 e. The summed E-state index contributed by atoms with van der Waals surface area (Å²) in [4.78, 5) is 1.44. The SMILES string of the molecule is CCCCSc1ccccc1C(NC1CCC(C(C)(C)C)CC1)c1ccccc1. The highest BCUT2D eigenvalue weighted by Crippen LogP contribution is 2.39. The molecular formula is C27H39NS. The molecule has 3 rings (SSSR count). The second kappa shape index (κ2) is 10.7. The lowest BCUT2D eigenvalue weighted by atomic mass is 9.71. The van der Waals surface area contributed by atoms with Crippen molar-refractivity contribution in [1.82, 2.24) is 5.32 Å². The third kappa shape index (κ3) is 6.36. The first-order valence-electron chi connectivity index (χ1n) is 11.5. The topological polar surface area (TPSA) is 12.0 Å². The molecule has 158 valence electrons. The van der Waals surface area contributed by atoms with Crippen LogP contribution in [0.15, 0.2) is 59.5 Å². The number of thioether (sulfide) groups is 1. The van der Waals surface area contributed by atoms with Crippen LogP contribution in [-0.2, 0) is 0 Å². The van der Waals surface area contributed by atoms with E-state index in [0.29, 0.717) is 11.5 Å². The van der Waals surface area contributed by atoms with Crippen LogP contribution in [0.3, 0.4) is 0 Å². The normalized spacial score (nSPS) is 21.1. The van der Waals surface area contributed by atoms with Gasteiger partial charge in [0.25, 0.3) is 0 Å². The Balaban J connectivity index is 1.79. The zero-order chi connectivity index (χ0) is 20.7. The molecule has 29 heavy (non-hydrogen) atoms. The zero-order valence-corrected chi connectivity index (χ0v) is 19.6. The Kier molecular flexibility index (Phi) is 8.26. The lowest BCUT2D eigenvalue weighted by molar-refractivity contribution is 0.157. The fraction of sp³-hybridized carbons (Fsp3) is 0.556. The Morgan fingerprint density at radius 3 is 2.24 bits per heavy atom. The van der Waals surface area contributed by atoms with Gasteiger partial charge in [-0.15, -0.1) is 11.8 Å². The molecule has 2 heteroatoms. The van der Waals surface area contributed by atoms with Gasteiger partial charge in [-0.05, 0) is 66.4 Å². The molecule has 0 aromatic heterocycles. The second-order valence-corrected chi connectivity index (χ2v) is 10.8. The largest absolute Gasteiger partial charge is 0.303 e. The fourth-order valence-corrected chi connectivity index (χ4v) is 5.73. The third-order valence-corrected chi connectivity index (χ3v) is 7.65. The van der Waals surface area contributed by atoms with E-state index in [2.05, 4.69) is 87.6 Å². The Morgan fingerprint density at radius 2 is 1.59 bits per heavy atom. The zero-order valence-electron chi connectivity index (χ0n) is 18.8. The maximum atomic E-state index is 4.08. The van der Waals surface area contributed by atoms with E-state index < -0.39 is 0 Å². The number of benzene rings is 2. The predicted molar refractivity (Wildman–Crippen MR) is 129 cm³/mol. The summed E-state index contributed by atoms with van der Waals surface area (Å²) in [6, 6.07) is 21.0. The fourth-order valence-electron chi connectivity index (χ4n) is 4.55. The van der Waals surface area contributed by atoms with E-state index in [1.165, 1.54) is 60.3 Å². The second-order valence-electron chi connectivity index (χ2n) is 9.66. The van der Waals surface area contributed by atoms with Gasteiger partial charge >= 0.3 is 0 Å². The summed E-state index contributed by atoms with van der Waals surface area (Å²) in [5.41, 5.74) is 3.26. The van der Waals surface area contributed by atoms with E-state index in [1.807, 2.05) is 11.8 Å². The van der Waals surface area contributed by atoms with Crippen molar-refractivity contribution in [3.8, 4) is 0 Å². The van der Waals surface area contributed by atoms with Crippen LogP contribution in [0.5, 0.6) is 0 Å². The van der Waals surface area contributed by atoms with Crippen LogP contribution in [0, 0.1) is 11.3 Å². The van der Waals surface area contributed by atoms with Crippen molar-refractivity contribution in [2.75, 3.05) is 5.75 Å². The van der Waals surface area contributed by atoms with Gasteiger partial charge in [-0.1, -0.05) is 82.6 Å².